The van der Waals surface area contributed by atoms with E-state index in [1.54, 1.807) is 0 Å². The van der Waals surface area contributed by atoms with Crippen LogP contribution in [0.5, 0.6) is 0 Å². The van der Waals surface area contributed by atoms with E-state index in [0.29, 0.717) is 0 Å². The van der Waals surface area contributed by atoms with E-state index < -0.39 is 13.3 Å². The van der Waals surface area contributed by atoms with Gasteiger partial charge in [0.2, 0.25) is 7.29 Å². The molecule has 1 atom stereocenters. The summed E-state index contributed by atoms with van der Waals surface area (Å²) in [6, 6.07) is 38.6. The Morgan fingerprint density at radius 1 is 0.600 bits per heavy atom. The molecule has 4 rings (SSSR count). The van der Waals surface area contributed by atoms with Crippen LogP contribution in [0, 0.1) is 11.8 Å². The van der Waals surface area contributed by atoms with E-state index in [4.69, 9.17) is 0 Å². The molecule has 0 fully saturated rings. The molecule has 0 aliphatic rings. The standard InChI is InChI=1S/C27H22NOP/c29-30(25-17-9-3-10-18-25,26-19-11-4-12-20-26)28-27(24-15-7-2-8-16-24)22-21-23-13-5-1-6-14-23/h1-20,27H,(H,28,29)/t27-/m1/s1. The summed E-state index contributed by atoms with van der Waals surface area (Å²) in [6.45, 7) is 0. The maximum Gasteiger partial charge on any atom is 0.205 e. The molecule has 4 aromatic carbocycles. The first-order chi connectivity index (χ1) is 14.8. The Bertz CT molecular complexity index is 1140. The van der Waals surface area contributed by atoms with E-state index in [1.807, 2.05) is 121 Å². The smallest absolute Gasteiger partial charge is 0.205 e. The Hall–Kier alpha value is -3.37. The minimum absolute atomic E-state index is 0.391. The molecule has 0 saturated carbocycles. The second kappa shape index (κ2) is 9.42. The van der Waals surface area contributed by atoms with Crippen molar-refractivity contribution in [3.63, 3.8) is 0 Å². The van der Waals surface area contributed by atoms with Crippen LogP contribution in [-0.4, -0.2) is 0 Å². The highest BCUT2D eigenvalue weighted by Gasteiger charge is 2.30. The van der Waals surface area contributed by atoms with Gasteiger partial charge in [-0.25, -0.2) is 5.09 Å². The lowest BCUT2D eigenvalue weighted by molar-refractivity contribution is 0.574. The van der Waals surface area contributed by atoms with Crippen molar-refractivity contribution in [1.29, 1.82) is 0 Å². The molecule has 0 saturated heterocycles. The van der Waals surface area contributed by atoms with Crippen molar-refractivity contribution >= 4 is 17.9 Å². The third-order valence-electron chi connectivity index (χ3n) is 4.82. The van der Waals surface area contributed by atoms with E-state index in [2.05, 4.69) is 16.9 Å². The molecule has 0 radical (unpaired) electrons. The van der Waals surface area contributed by atoms with Gasteiger partial charge in [-0.2, -0.15) is 0 Å². The molecule has 0 bridgehead atoms. The van der Waals surface area contributed by atoms with Crippen molar-refractivity contribution in [1.82, 2.24) is 5.09 Å². The Morgan fingerprint density at radius 2 is 1.03 bits per heavy atom. The van der Waals surface area contributed by atoms with Gasteiger partial charge < -0.3 is 0 Å². The maximum absolute atomic E-state index is 14.4. The third-order valence-corrected chi connectivity index (χ3v) is 7.49. The number of rotatable bonds is 5. The predicted molar refractivity (Wildman–Crippen MR) is 125 cm³/mol. The zero-order chi connectivity index (χ0) is 20.7. The number of benzene rings is 4. The molecule has 0 amide bonds. The molecule has 3 heteroatoms. The SMILES string of the molecule is O=P(N[C@H](C#Cc1ccccc1)c1ccccc1)(c1ccccc1)c1ccccc1. The lowest BCUT2D eigenvalue weighted by Crippen LogP contribution is -2.30. The van der Waals surface area contributed by atoms with Gasteiger partial charge >= 0.3 is 0 Å². The fraction of sp³-hybridized carbons (Fsp3) is 0.0370. The molecule has 1 N–H and O–H groups in total. The summed E-state index contributed by atoms with van der Waals surface area (Å²) in [5.74, 6) is 6.55. The highest BCUT2D eigenvalue weighted by Crippen LogP contribution is 2.41. The van der Waals surface area contributed by atoms with Crippen LogP contribution in [0.3, 0.4) is 0 Å². The molecular weight excluding hydrogens is 385 g/mol. The Kier molecular flexibility index (Phi) is 6.26. The van der Waals surface area contributed by atoms with Gasteiger partial charge in [0, 0.05) is 16.2 Å². The zero-order valence-corrected chi connectivity index (χ0v) is 17.4. The van der Waals surface area contributed by atoms with Gasteiger partial charge in [-0.15, -0.1) is 0 Å². The molecular formula is C27H22NOP. The van der Waals surface area contributed by atoms with Crippen LogP contribution < -0.4 is 15.7 Å². The lowest BCUT2D eigenvalue weighted by atomic mass is 10.1. The third kappa shape index (κ3) is 4.61. The average Bonchev–Trinajstić information content (AvgIpc) is 2.84. The fourth-order valence-electron chi connectivity index (χ4n) is 3.27. The average molecular weight is 407 g/mol. The van der Waals surface area contributed by atoms with Crippen LogP contribution in [0.4, 0.5) is 0 Å². The van der Waals surface area contributed by atoms with Crippen LogP contribution >= 0.6 is 7.29 Å². The molecule has 0 aliphatic heterocycles. The number of hydrogen-bond acceptors (Lipinski definition) is 1. The first-order valence-corrected chi connectivity index (χ1v) is 11.6. The summed E-state index contributed by atoms with van der Waals surface area (Å²) >= 11 is 0. The number of hydrogen-bond donors (Lipinski definition) is 1. The van der Waals surface area contributed by atoms with Gasteiger partial charge in [-0.1, -0.05) is 96.8 Å². The normalized spacial score (nSPS) is 11.9. The summed E-state index contributed by atoms with van der Waals surface area (Å²) in [4.78, 5) is 0. The largest absolute Gasteiger partial charge is 0.296 e. The summed E-state index contributed by atoms with van der Waals surface area (Å²) < 4.78 is 14.4. The van der Waals surface area contributed by atoms with Gasteiger partial charge in [0.1, 0.15) is 6.04 Å². The molecule has 4 aromatic rings. The van der Waals surface area contributed by atoms with Gasteiger partial charge in [0.05, 0.1) is 0 Å². The fourth-order valence-corrected chi connectivity index (χ4v) is 5.63. The minimum atomic E-state index is -3.12. The van der Waals surface area contributed by atoms with Crippen LogP contribution in [0.1, 0.15) is 17.2 Å². The van der Waals surface area contributed by atoms with Crippen LogP contribution in [0.15, 0.2) is 121 Å². The van der Waals surface area contributed by atoms with Gasteiger partial charge in [-0.3, -0.25) is 4.57 Å². The van der Waals surface area contributed by atoms with E-state index in [-0.39, 0.29) is 0 Å². The molecule has 0 heterocycles. The summed E-state index contributed by atoms with van der Waals surface area (Å²) in [5, 5.41) is 4.96. The van der Waals surface area contributed by atoms with Gasteiger partial charge in [-0.05, 0) is 42.0 Å². The summed E-state index contributed by atoms with van der Waals surface area (Å²) in [7, 11) is -3.12. The zero-order valence-electron chi connectivity index (χ0n) is 16.5. The highest BCUT2D eigenvalue weighted by atomic mass is 31.2. The van der Waals surface area contributed by atoms with Crippen molar-refractivity contribution in [3.05, 3.63) is 132 Å². The molecule has 2 nitrogen and oxygen atoms in total. The maximum atomic E-state index is 14.4. The van der Waals surface area contributed by atoms with Gasteiger partial charge in [0.15, 0.2) is 0 Å². The molecule has 0 spiro atoms. The predicted octanol–water partition coefficient (Wildman–Crippen LogP) is 5.30. The second-order valence-electron chi connectivity index (χ2n) is 6.89. The van der Waals surface area contributed by atoms with Crippen molar-refractivity contribution in [3.8, 4) is 11.8 Å². The first kappa shape index (κ1) is 19.9. The van der Waals surface area contributed by atoms with Crippen molar-refractivity contribution < 1.29 is 4.57 Å². The molecule has 146 valence electrons. The molecule has 0 unspecified atom stereocenters. The van der Waals surface area contributed by atoms with Crippen LogP contribution in [0.25, 0.3) is 0 Å². The van der Waals surface area contributed by atoms with E-state index in [9.17, 15) is 4.57 Å². The molecule has 0 aliphatic carbocycles. The minimum Gasteiger partial charge on any atom is -0.296 e. The first-order valence-electron chi connectivity index (χ1n) is 9.86. The Morgan fingerprint density at radius 3 is 1.53 bits per heavy atom. The van der Waals surface area contributed by atoms with Gasteiger partial charge in [0.25, 0.3) is 0 Å². The summed E-state index contributed by atoms with van der Waals surface area (Å²) in [5.41, 5.74) is 1.91. The lowest BCUT2D eigenvalue weighted by Gasteiger charge is -2.24. The van der Waals surface area contributed by atoms with E-state index >= 15 is 0 Å². The van der Waals surface area contributed by atoms with Crippen LogP contribution in [-0.2, 0) is 4.57 Å². The Labute approximate surface area is 178 Å². The number of nitrogens with one attached hydrogen (secondary N) is 1. The summed E-state index contributed by atoms with van der Waals surface area (Å²) in [6.07, 6.45) is 0. The van der Waals surface area contributed by atoms with Crippen molar-refractivity contribution in [2.45, 2.75) is 6.04 Å². The van der Waals surface area contributed by atoms with E-state index in [0.717, 1.165) is 21.7 Å². The highest BCUT2D eigenvalue weighted by molar-refractivity contribution is 7.76. The van der Waals surface area contributed by atoms with E-state index in [1.165, 1.54) is 0 Å². The second-order valence-corrected chi connectivity index (χ2v) is 9.40. The van der Waals surface area contributed by atoms with Crippen LogP contribution in [0.2, 0.25) is 0 Å². The molecule has 0 aromatic heterocycles. The topological polar surface area (TPSA) is 29.1 Å². The molecule has 30 heavy (non-hydrogen) atoms. The van der Waals surface area contributed by atoms with Crippen molar-refractivity contribution in [2.24, 2.45) is 0 Å². The Balaban J connectivity index is 1.79. The van der Waals surface area contributed by atoms with Crippen molar-refractivity contribution in [2.75, 3.05) is 0 Å². The monoisotopic (exact) mass is 407 g/mol. The quantitative estimate of drug-likeness (QED) is 0.359.